The second-order valence-corrected chi connectivity index (χ2v) is 4.19. The van der Waals surface area contributed by atoms with Gasteiger partial charge in [-0.1, -0.05) is 0 Å². The first-order valence-corrected chi connectivity index (χ1v) is 5.71. The summed E-state index contributed by atoms with van der Waals surface area (Å²) >= 11 is 0. The minimum absolute atomic E-state index is 0.324. The Morgan fingerprint density at radius 1 is 1.17 bits per heavy atom. The van der Waals surface area contributed by atoms with Crippen LogP contribution in [0, 0.1) is 0 Å². The first kappa shape index (κ1) is 11.1. The lowest BCUT2D eigenvalue weighted by molar-refractivity contribution is 0.0614. The van der Waals surface area contributed by atoms with Gasteiger partial charge in [0.15, 0.2) is 17.1 Å². The summed E-state index contributed by atoms with van der Waals surface area (Å²) in [6.45, 7) is 0.324. The maximum atomic E-state index is 10.9. The van der Waals surface area contributed by atoms with Crippen LogP contribution in [-0.4, -0.2) is 28.7 Å². The third-order valence-electron chi connectivity index (χ3n) is 2.98. The standard InChI is InChI=1S/C13H13N3O2/c1-14-8-13(17)11-9(4-2-6-15-11)18-10-5-3-7-16-12(10)13/h2-7,14,17H,8H2,1H3. The van der Waals surface area contributed by atoms with E-state index in [1.54, 1.807) is 43.7 Å². The van der Waals surface area contributed by atoms with Crippen molar-refractivity contribution in [3.05, 3.63) is 48.0 Å². The number of fused-ring (bicyclic) bond motifs is 2. The molecule has 0 bridgehead atoms. The molecule has 0 amide bonds. The first-order valence-electron chi connectivity index (χ1n) is 5.71. The summed E-state index contributed by atoms with van der Waals surface area (Å²) in [5, 5.41) is 13.9. The van der Waals surface area contributed by atoms with E-state index >= 15 is 0 Å². The molecule has 0 radical (unpaired) electrons. The molecule has 92 valence electrons. The molecule has 3 heterocycles. The van der Waals surface area contributed by atoms with Gasteiger partial charge in [-0.2, -0.15) is 0 Å². The van der Waals surface area contributed by atoms with Crippen LogP contribution in [0.2, 0.25) is 0 Å². The molecule has 2 aromatic heterocycles. The number of pyridine rings is 2. The van der Waals surface area contributed by atoms with Crippen LogP contribution in [-0.2, 0) is 5.60 Å². The fraction of sp³-hybridized carbons (Fsp3) is 0.231. The Labute approximate surface area is 104 Å². The monoisotopic (exact) mass is 243 g/mol. The molecule has 0 atom stereocenters. The van der Waals surface area contributed by atoms with Crippen LogP contribution in [0.4, 0.5) is 0 Å². The molecule has 2 aromatic rings. The maximum Gasteiger partial charge on any atom is 0.168 e. The normalized spacial score (nSPS) is 15.4. The Bertz CT molecular complexity index is 540. The molecule has 0 aromatic carbocycles. The summed E-state index contributed by atoms with van der Waals surface area (Å²) < 4.78 is 5.71. The van der Waals surface area contributed by atoms with Crippen LogP contribution in [0.5, 0.6) is 11.5 Å². The summed E-state index contributed by atoms with van der Waals surface area (Å²) in [5.74, 6) is 1.13. The van der Waals surface area contributed by atoms with Gasteiger partial charge in [0.05, 0.1) is 0 Å². The van der Waals surface area contributed by atoms with Gasteiger partial charge in [0.25, 0.3) is 0 Å². The van der Waals surface area contributed by atoms with Gasteiger partial charge in [-0.25, -0.2) is 0 Å². The quantitative estimate of drug-likeness (QED) is 0.824. The van der Waals surface area contributed by atoms with Gasteiger partial charge < -0.3 is 15.2 Å². The van der Waals surface area contributed by atoms with E-state index in [0.717, 1.165) is 0 Å². The minimum atomic E-state index is -1.26. The maximum absolute atomic E-state index is 10.9. The molecule has 0 aliphatic carbocycles. The Morgan fingerprint density at radius 2 is 1.72 bits per heavy atom. The lowest BCUT2D eigenvalue weighted by Crippen LogP contribution is -2.41. The van der Waals surface area contributed by atoms with Crippen LogP contribution in [0.25, 0.3) is 0 Å². The van der Waals surface area contributed by atoms with Gasteiger partial charge in [-0.15, -0.1) is 0 Å². The van der Waals surface area contributed by atoms with Gasteiger partial charge in [0.1, 0.15) is 11.4 Å². The predicted molar refractivity (Wildman–Crippen MR) is 65.5 cm³/mol. The van der Waals surface area contributed by atoms with Crippen LogP contribution >= 0.6 is 0 Å². The molecular weight excluding hydrogens is 230 g/mol. The van der Waals surface area contributed by atoms with Crippen LogP contribution < -0.4 is 10.1 Å². The number of hydrogen-bond donors (Lipinski definition) is 2. The van der Waals surface area contributed by atoms with Gasteiger partial charge in [0, 0.05) is 18.9 Å². The average molecular weight is 243 g/mol. The Balaban J connectivity index is 2.24. The van der Waals surface area contributed by atoms with Crippen molar-refractivity contribution in [2.45, 2.75) is 5.60 Å². The lowest BCUT2D eigenvalue weighted by Gasteiger charge is -2.33. The zero-order valence-electron chi connectivity index (χ0n) is 9.92. The highest BCUT2D eigenvalue weighted by Crippen LogP contribution is 2.43. The van der Waals surface area contributed by atoms with Crippen molar-refractivity contribution in [3.63, 3.8) is 0 Å². The minimum Gasteiger partial charge on any atom is -0.453 e. The number of nitrogens with one attached hydrogen (secondary N) is 1. The second kappa shape index (κ2) is 4.04. The molecule has 0 saturated carbocycles. The third-order valence-corrected chi connectivity index (χ3v) is 2.98. The zero-order valence-corrected chi connectivity index (χ0v) is 9.92. The van der Waals surface area contributed by atoms with Crippen molar-refractivity contribution in [1.82, 2.24) is 15.3 Å². The molecule has 0 spiro atoms. The number of aromatic nitrogens is 2. The van der Waals surface area contributed by atoms with E-state index < -0.39 is 5.60 Å². The molecular formula is C13H13N3O2. The number of hydrogen-bond acceptors (Lipinski definition) is 5. The lowest BCUT2D eigenvalue weighted by atomic mass is 9.91. The first-order chi connectivity index (χ1) is 8.75. The number of ether oxygens (including phenoxy) is 1. The summed E-state index contributed by atoms with van der Waals surface area (Å²) in [7, 11) is 1.78. The molecule has 5 nitrogen and oxygen atoms in total. The van der Waals surface area contributed by atoms with Crippen molar-refractivity contribution in [1.29, 1.82) is 0 Å². The molecule has 0 fully saturated rings. The largest absolute Gasteiger partial charge is 0.453 e. The molecule has 0 unspecified atom stereocenters. The smallest absolute Gasteiger partial charge is 0.168 e. The van der Waals surface area contributed by atoms with E-state index in [2.05, 4.69) is 15.3 Å². The molecule has 3 rings (SSSR count). The summed E-state index contributed by atoms with van der Waals surface area (Å²) in [5.41, 5.74) is -0.281. The van der Waals surface area contributed by atoms with Gasteiger partial charge in [0.2, 0.25) is 0 Å². The van der Waals surface area contributed by atoms with Gasteiger partial charge in [-0.3, -0.25) is 9.97 Å². The number of aliphatic hydroxyl groups is 1. The highest BCUT2D eigenvalue weighted by atomic mass is 16.5. The van der Waals surface area contributed by atoms with E-state index in [0.29, 0.717) is 29.4 Å². The highest BCUT2D eigenvalue weighted by Gasteiger charge is 2.42. The van der Waals surface area contributed by atoms with E-state index in [-0.39, 0.29) is 0 Å². The van der Waals surface area contributed by atoms with Crippen molar-refractivity contribution in [3.8, 4) is 11.5 Å². The van der Waals surface area contributed by atoms with Crippen molar-refractivity contribution in [2.75, 3.05) is 13.6 Å². The van der Waals surface area contributed by atoms with Crippen LogP contribution in [0.15, 0.2) is 36.7 Å². The molecule has 18 heavy (non-hydrogen) atoms. The topological polar surface area (TPSA) is 67.3 Å². The van der Waals surface area contributed by atoms with Crippen LogP contribution in [0.3, 0.4) is 0 Å². The highest BCUT2D eigenvalue weighted by molar-refractivity contribution is 5.50. The number of rotatable bonds is 2. The SMILES string of the molecule is CNCC1(O)c2ncccc2Oc2cccnc21. The fourth-order valence-electron chi connectivity index (χ4n) is 2.22. The third kappa shape index (κ3) is 1.48. The number of nitrogens with zero attached hydrogens (tertiary/aromatic N) is 2. The van der Waals surface area contributed by atoms with Crippen molar-refractivity contribution in [2.24, 2.45) is 0 Å². The summed E-state index contributed by atoms with van der Waals surface area (Å²) in [6.07, 6.45) is 3.27. The van der Waals surface area contributed by atoms with E-state index in [4.69, 9.17) is 4.74 Å². The Hall–Kier alpha value is -1.98. The molecule has 1 aliphatic heterocycles. The van der Waals surface area contributed by atoms with Crippen molar-refractivity contribution < 1.29 is 9.84 Å². The molecule has 0 saturated heterocycles. The van der Waals surface area contributed by atoms with E-state index in [1.807, 2.05) is 0 Å². The number of likely N-dealkylation sites (N-methyl/N-ethyl adjacent to an activating group) is 1. The van der Waals surface area contributed by atoms with Crippen molar-refractivity contribution >= 4 is 0 Å². The zero-order chi connectivity index (χ0) is 12.6. The Morgan fingerprint density at radius 3 is 2.22 bits per heavy atom. The molecule has 5 heteroatoms. The average Bonchev–Trinajstić information content (AvgIpc) is 2.40. The van der Waals surface area contributed by atoms with E-state index in [1.165, 1.54) is 0 Å². The predicted octanol–water partition coefficient (Wildman–Crippen LogP) is 1.04. The van der Waals surface area contributed by atoms with Crippen LogP contribution in [0.1, 0.15) is 11.4 Å². The molecule has 1 aliphatic rings. The summed E-state index contributed by atoms with van der Waals surface area (Å²) in [6, 6.07) is 7.14. The summed E-state index contributed by atoms with van der Waals surface area (Å²) in [4.78, 5) is 8.47. The van der Waals surface area contributed by atoms with E-state index in [9.17, 15) is 5.11 Å². The molecule has 2 N–H and O–H groups in total. The fourth-order valence-corrected chi connectivity index (χ4v) is 2.22. The van der Waals surface area contributed by atoms with Gasteiger partial charge >= 0.3 is 0 Å². The second-order valence-electron chi connectivity index (χ2n) is 4.19. The Kier molecular flexibility index (Phi) is 2.50. The van der Waals surface area contributed by atoms with Gasteiger partial charge in [-0.05, 0) is 31.3 Å².